The Labute approximate surface area is 100 Å². The van der Waals surface area contributed by atoms with E-state index in [4.69, 9.17) is 4.74 Å². The number of nitrogens with zero attached hydrogens (tertiary/aromatic N) is 2. The minimum atomic E-state index is -0.805. The summed E-state index contributed by atoms with van der Waals surface area (Å²) in [6, 6.07) is 1.94. The second-order valence-electron chi connectivity index (χ2n) is 4.80. The number of carbonyl (C=O) groups is 1. The van der Waals surface area contributed by atoms with Gasteiger partial charge in [0, 0.05) is 25.8 Å². The second kappa shape index (κ2) is 4.14. The van der Waals surface area contributed by atoms with Crippen LogP contribution in [0.15, 0.2) is 6.07 Å². The number of carboxylic acids is 1. The van der Waals surface area contributed by atoms with Crippen molar-refractivity contribution in [2.24, 2.45) is 12.5 Å². The van der Waals surface area contributed by atoms with Gasteiger partial charge in [0.1, 0.15) is 5.41 Å². The molecule has 0 spiro atoms. The van der Waals surface area contributed by atoms with Gasteiger partial charge in [-0.1, -0.05) is 0 Å². The minimum Gasteiger partial charge on any atom is -0.481 e. The summed E-state index contributed by atoms with van der Waals surface area (Å²) in [5.74, 6) is -0.777. The molecule has 1 N–H and O–H groups in total. The number of hydrogen-bond acceptors (Lipinski definition) is 3. The maximum absolute atomic E-state index is 11.5. The second-order valence-corrected chi connectivity index (χ2v) is 4.80. The number of aliphatic carboxylic acids is 1. The van der Waals surface area contributed by atoms with Gasteiger partial charge in [-0.25, -0.2) is 0 Å². The number of rotatable bonds is 3. The Morgan fingerprint density at radius 3 is 2.88 bits per heavy atom. The van der Waals surface area contributed by atoms with Gasteiger partial charge in [0.15, 0.2) is 0 Å². The number of aryl methyl sites for hydroxylation is 2. The normalized spacial score (nSPS) is 28.5. The van der Waals surface area contributed by atoms with Crippen molar-refractivity contribution in [2.45, 2.75) is 32.8 Å². The molecule has 2 atom stereocenters. The third-order valence-electron chi connectivity index (χ3n) is 3.72. The van der Waals surface area contributed by atoms with Crippen LogP contribution in [-0.4, -0.2) is 33.6 Å². The quantitative estimate of drug-likeness (QED) is 0.858. The predicted molar refractivity (Wildman–Crippen MR) is 61.7 cm³/mol. The van der Waals surface area contributed by atoms with E-state index in [0.29, 0.717) is 19.4 Å². The highest BCUT2D eigenvalue weighted by Crippen LogP contribution is 2.38. The molecule has 0 aliphatic carbocycles. The molecule has 5 heteroatoms. The summed E-state index contributed by atoms with van der Waals surface area (Å²) in [6.45, 7) is 4.26. The van der Waals surface area contributed by atoms with E-state index in [1.165, 1.54) is 0 Å². The van der Waals surface area contributed by atoms with Crippen LogP contribution in [0.25, 0.3) is 0 Å². The Morgan fingerprint density at radius 2 is 2.47 bits per heavy atom. The molecule has 0 bridgehead atoms. The van der Waals surface area contributed by atoms with Crippen LogP contribution >= 0.6 is 0 Å². The number of ether oxygens (including phenoxy) is 1. The molecule has 2 unspecified atom stereocenters. The number of aromatic nitrogens is 2. The van der Waals surface area contributed by atoms with Crippen LogP contribution in [0.2, 0.25) is 0 Å². The summed E-state index contributed by atoms with van der Waals surface area (Å²) in [6.07, 6.45) is 0.782. The molecular weight excluding hydrogens is 220 g/mol. The van der Waals surface area contributed by atoms with Crippen molar-refractivity contribution in [3.05, 3.63) is 17.5 Å². The fraction of sp³-hybridized carbons (Fsp3) is 0.667. The Balaban J connectivity index is 2.31. The Hall–Kier alpha value is -1.36. The summed E-state index contributed by atoms with van der Waals surface area (Å²) in [5, 5.41) is 13.7. The summed E-state index contributed by atoms with van der Waals surface area (Å²) in [7, 11) is 1.85. The monoisotopic (exact) mass is 238 g/mol. The SMILES string of the molecule is Cc1cc(CC2(C(=O)O)CCOC2C)n(C)n1. The largest absolute Gasteiger partial charge is 0.481 e. The molecule has 0 saturated carbocycles. The fourth-order valence-corrected chi connectivity index (χ4v) is 2.52. The first-order chi connectivity index (χ1) is 7.95. The molecule has 2 rings (SSSR count). The Bertz CT molecular complexity index is 441. The molecule has 1 saturated heterocycles. The van der Waals surface area contributed by atoms with Crippen LogP contribution in [0.4, 0.5) is 0 Å². The average Bonchev–Trinajstić information content (AvgIpc) is 2.73. The van der Waals surface area contributed by atoms with E-state index in [0.717, 1.165) is 11.4 Å². The minimum absolute atomic E-state index is 0.254. The third-order valence-corrected chi connectivity index (χ3v) is 3.72. The molecule has 2 heterocycles. The molecule has 1 aliphatic heterocycles. The van der Waals surface area contributed by atoms with Gasteiger partial charge in [0.05, 0.1) is 11.8 Å². The van der Waals surface area contributed by atoms with Crippen LogP contribution in [0, 0.1) is 12.3 Å². The van der Waals surface area contributed by atoms with Crippen molar-refractivity contribution >= 4 is 5.97 Å². The lowest BCUT2D eigenvalue weighted by molar-refractivity contribution is -0.151. The summed E-state index contributed by atoms with van der Waals surface area (Å²) in [5.41, 5.74) is 1.05. The summed E-state index contributed by atoms with van der Waals surface area (Å²) >= 11 is 0. The van der Waals surface area contributed by atoms with Crippen molar-refractivity contribution in [1.29, 1.82) is 0 Å². The van der Waals surface area contributed by atoms with Gasteiger partial charge in [0.2, 0.25) is 0 Å². The molecule has 94 valence electrons. The van der Waals surface area contributed by atoms with E-state index in [1.54, 1.807) is 4.68 Å². The van der Waals surface area contributed by atoms with E-state index >= 15 is 0 Å². The molecular formula is C12H18N2O3. The molecule has 0 radical (unpaired) electrons. The van der Waals surface area contributed by atoms with Gasteiger partial charge in [-0.05, 0) is 26.3 Å². The van der Waals surface area contributed by atoms with Crippen LogP contribution < -0.4 is 0 Å². The van der Waals surface area contributed by atoms with Gasteiger partial charge >= 0.3 is 5.97 Å². The molecule has 1 aromatic heterocycles. The molecule has 1 aromatic rings. The van der Waals surface area contributed by atoms with Gasteiger partial charge in [-0.2, -0.15) is 5.10 Å². The van der Waals surface area contributed by atoms with E-state index in [1.807, 2.05) is 27.0 Å². The summed E-state index contributed by atoms with van der Waals surface area (Å²) < 4.78 is 7.19. The van der Waals surface area contributed by atoms with Crippen LogP contribution in [-0.2, 0) is 23.0 Å². The molecule has 1 aliphatic rings. The van der Waals surface area contributed by atoms with Crippen LogP contribution in [0.5, 0.6) is 0 Å². The molecule has 5 nitrogen and oxygen atoms in total. The molecule has 0 amide bonds. The first-order valence-electron chi connectivity index (χ1n) is 5.80. The van der Waals surface area contributed by atoms with Gasteiger partial charge in [-0.15, -0.1) is 0 Å². The van der Waals surface area contributed by atoms with Gasteiger partial charge in [-0.3, -0.25) is 9.48 Å². The lowest BCUT2D eigenvalue weighted by Crippen LogP contribution is -2.40. The maximum atomic E-state index is 11.5. The summed E-state index contributed by atoms with van der Waals surface area (Å²) in [4.78, 5) is 11.5. The highest BCUT2D eigenvalue weighted by atomic mass is 16.5. The van der Waals surface area contributed by atoms with Crippen molar-refractivity contribution in [3.63, 3.8) is 0 Å². The van der Waals surface area contributed by atoms with E-state index < -0.39 is 11.4 Å². The van der Waals surface area contributed by atoms with Crippen LogP contribution in [0.1, 0.15) is 24.7 Å². The van der Waals surface area contributed by atoms with Crippen molar-refractivity contribution in [2.75, 3.05) is 6.61 Å². The van der Waals surface area contributed by atoms with Crippen molar-refractivity contribution in [1.82, 2.24) is 9.78 Å². The zero-order valence-electron chi connectivity index (χ0n) is 10.4. The smallest absolute Gasteiger partial charge is 0.312 e. The van der Waals surface area contributed by atoms with Crippen molar-refractivity contribution < 1.29 is 14.6 Å². The van der Waals surface area contributed by atoms with Crippen LogP contribution in [0.3, 0.4) is 0 Å². The predicted octanol–water partition coefficient (Wildman–Crippen LogP) is 1.15. The zero-order valence-corrected chi connectivity index (χ0v) is 10.4. The highest BCUT2D eigenvalue weighted by molar-refractivity contribution is 5.76. The zero-order chi connectivity index (χ0) is 12.6. The van der Waals surface area contributed by atoms with Gasteiger partial charge in [0.25, 0.3) is 0 Å². The Morgan fingerprint density at radius 1 is 1.76 bits per heavy atom. The average molecular weight is 238 g/mol. The van der Waals surface area contributed by atoms with E-state index in [2.05, 4.69) is 5.10 Å². The lowest BCUT2D eigenvalue weighted by Gasteiger charge is -2.27. The molecule has 17 heavy (non-hydrogen) atoms. The number of carboxylic acid groups (broad SMARTS) is 1. The lowest BCUT2D eigenvalue weighted by atomic mass is 9.77. The van der Waals surface area contributed by atoms with E-state index in [-0.39, 0.29) is 6.10 Å². The molecule has 0 aromatic carbocycles. The van der Waals surface area contributed by atoms with Gasteiger partial charge < -0.3 is 9.84 Å². The Kier molecular flexibility index (Phi) is 2.95. The maximum Gasteiger partial charge on any atom is 0.312 e. The number of hydrogen-bond donors (Lipinski definition) is 1. The van der Waals surface area contributed by atoms with Crippen molar-refractivity contribution in [3.8, 4) is 0 Å². The molecule has 1 fully saturated rings. The van der Waals surface area contributed by atoms with E-state index in [9.17, 15) is 9.90 Å². The highest BCUT2D eigenvalue weighted by Gasteiger charge is 2.48. The fourth-order valence-electron chi connectivity index (χ4n) is 2.52. The first kappa shape index (κ1) is 12.1. The first-order valence-corrected chi connectivity index (χ1v) is 5.80. The third kappa shape index (κ3) is 1.95. The topological polar surface area (TPSA) is 64.3 Å². The standard InChI is InChI=1S/C12H18N2O3/c1-8-6-10(14(3)13-8)7-12(11(15)16)4-5-17-9(12)2/h6,9H,4-5,7H2,1-3H3,(H,15,16).